The number of hydrogen-bond acceptors (Lipinski definition) is 4. The van der Waals surface area contributed by atoms with Crippen LogP contribution in [0.1, 0.15) is 48.9 Å². The van der Waals surface area contributed by atoms with E-state index in [0.29, 0.717) is 50.8 Å². The third kappa shape index (κ3) is 5.45. The van der Waals surface area contributed by atoms with Crippen molar-refractivity contribution in [3.63, 3.8) is 0 Å². The van der Waals surface area contributed by atoms with Crippen molar-refractivity contribution in [1.82, 2.24) is 30.6 Å². The fourth-order valence-electron chi connectivity index (χ4n) is 3.06. The summed E-state index contributed by atoms with van der Waals surface area (Å²) in [6.07, 6.45) is 1.57. The maximum atomic E-state index is 12.2. The molecule has 4 amide bonds. The summed E-state index contributed by atoms with van der Waals surface area (Å²) in [5, 5.41) is 12.7. The lowest BCUT2D eigenvalue weighted by molar-refractivity contribution is -0.129. The van der Waals surface area contributed by atoms with Gasteiger partial charge in [0.25, 0.3) is 5.91 Å². The van der Waals surface area contributed by atoms with Gasteiger partial charge in [-0.25, -0.2) is 4.79 Å². The Hall–Kier alpha value is -2.58. The highest BCUT2D eigenvalue weighted by molar-refractivity contribution is 5.94. The summed E-state index contributed by atoms with van der Waals surface area (Å²) in [7, 11) is 1.56. The van der Waals surface area contributed by atoms with E-state index in [1.165, 1.54) is 6.92 Å². The van der Waals surface area contributed by atoms with Crippen LogP contribution in [-0.2, 0) is 24.3 Å². The van der Waals surface area contributed by atoms with E-state index in [1.807, 2.05) is 0 Å². The molecule has 3 N–H and O–H groups in total. The smallest absolute Gasteiger partial charge is 0.314 e. The number of amides is 4. The Kier molecular flexibility index (Phi) is 7.20. The van der Waals surface area contributed by atoms with E-state index >= 15 is 0 Å². The van der Waals surface area contributed by atoms with E-state index in [2.05, 4.69) is 34.9 Å². The van der Waals surface area contributed by atoms with Gasteiger partial charge in [0, 0.05) is 57.8 Å². The van der Waals surface area contributed by atoms with Crippen LogP contribution in [0.3, 0.4) is 0 Å². The summed E-state index contributed by atoms with van der Waals surface area (Å²) < 4.78 is 1.77. The number of hydrogen-bond donors (Lipinski definition) is 3. The molecule has 0 unspecified atom stereocenters. The molecule has 0 bridgehead atoms. The highest BCUT2D eigenvalue weighted by Gasteiger charge is 2.28. The van der Waals surface area contributed by atoms with Gasteiger partial charge < -0.3 is 20.9 Å². The second-order valence-electron chi connectivity index (χ2n) is 7.13. The van der Waals surface area contributed by atoms with Crippen molar-refractivity contribution in [2.75, 3.05) is 26.7 Å². The number of urea groups is 1. The number of fused-ring (bicyclic) bond motifs is 1. The quantitative estimate of drug-likeness (QED) is 0.642. The van der Waals surface area contributed by atoms with Gasteiger partial charge in [-0.05, 0) is 12.3 Å². The average molecular weight is 378 g/mol. The Bertz CT molecular complexity index is 698. The zero-order valence-electron chi connectivity index (χ0n) is 16.6. The van der Waals surface area contributed by atoms with E-state index < -0.39 is 0 Å². The molecule has 0 atom stereocenters. The van der Waals surface area contributed by atoms with Crippen molar-refractivity contribution >= 4 is 17.8 Å². The van der Waals surface area contributed by atoms with Crippen LogP contribution in [0.4, 0.5) is 4.79 Å². The van der Waals surface area contributed by atoms with E-state index in [4.69, 9.17) is 0 Å². The molecule has 9 heteroatoms. The minimum Gasteiger partial charge on any atom is -0.354 e. The first-order chi connectivity index (χ1) is 12.8. The normalized spacial score (nSPS) is 13.3. The van der Waals surface area contributed by atoms with Crippen molar-refractivity contribution in [3.05, 3.63) is 17.0 Å². The highest BCUT2D eigenvalue weighted by atomic mass is 16.2. The molecule has 9 nitrogen and oxygen atoms in total. The van der Waals surface area contributed by atoms with E-state index in [-0.39, 0.29) is 17.8 Å². The molecule has 1 aromatic heterocycles. The van der Waals surface area contributed by atoms with Crippen LogP contribution in [0, 0.1) is 5.92 Å². The topological polar surface area (TPSA) is 108 Å². The van der Waals surface area contributed by atoms with Gasteiger partial charge in [-0.3, -0.25) is 14.3 Å². The third-order valence-electron chi connectivity index (χ3n) is 4.64. The number of carbonyl (C=O) groups is 3. The number of aromatic nitrogens is 2. The van der Waals surface area contributed by atoms with Gasteiger partial charge in [-0.2, -0.15) is 5.10 Å². The molecule has 0 spiro atoms. The molecular weight excluding hydrogens is 348 g/mol. The van der Waals surface area contributed by atoms with Gasteiger partial charge in [-0.15, -0.1) is 0 Å². The predicted octanol–water partition coefficient (Wildman–Crippen LogP) is 0.493. The molecule has 0 radical (unpaired) electrons. The summed E-state index contributed by atoms with van der Waals surface area (Å²) in [6, 6.07) is -0.203. The van der Waals surface area contributed by atoms with Gasteiger partial charge >= 0.3 is 6.03 Å². The van der Waals surface area contributed by atoms with Gasteiger partial charge in [-0.1, -0.05) is 13.8 Å². The molecule has 0 saturated heterocycles. The van der Waals surface area contributed by atoms with Crippen molar-refractivity contribution in [2.45, 2.75) is 46.7 Å². The summed E-state index contributed by atoms with van der Waals surface area (Å²) in [6.45, 7) is 8.25. The number of rotatable bonds is 7. The second kappa shape index (κ2) is 9.38. The minimum atomic E-state index is -0.269. The van der Waals surface area contributed by atoms with Crippen molar-refractivity contribution in [1.29, 1.82) is 0 Å². The Labute approximate surface area is 159 Å². The molecule has 2 heterocycles. The lowest BCUT2D eigenvalue weighted by atomic mass is 10.0. The molecule has 0 saturated carbocycles. The highest BCUT2D eigenvalue weighted by Crippen LogP contribution is 2.23. The molecule has 1 aliphatic rings. The lowest BCUT2D eigenvalue weighted by Gasteiger charge is -2.26. The zero-order valence-corrected chi connectivity index (χ0v) is 16.6. The van der Waals surface area contributed by atoms with Crippen LogP contribution in [0.25, 0.3) is 0 Å². The summed E-state index contributed by atoms with van der Waals surface area (Å²) in [5.41, 5.74) is 2.09. The molecular formula is C18H30N6O3. The largest absolute Gasteiger partial charge is 0.354 e. The standard InChI is InChI=1S/C18H30N6O3/c1-12(2)5-7-20-18(27)21-8-10-24-15-6-9-23(13(3)25)11-14(15)16(22-24)17(26)19-4/h12H,5-11H2,1-4H3,(H,19,26)(H2,20,21,27). The summed E-state index contributed by atoms with van der Waals surface area (Å²) in [5.74, 6) is 0.254. The molecule has 1 aromatic rings. The molecule has 27 heavy (non-hydrogen) atoms. The SMILES string of the molecule is CNC(=O)c1nn(CCNC(=O)NCCC(C)C)c2c1CN(C(C)=O)CC2. The van der Waals surface area contributed by atoms with E-state index in [0.717, 1.165) is 17.7 Å². The van der Waals surface area contributed by atoms with Crippen LogP contribution < -0.4 is 16.0 Å². The van der Waals surface area contributed by atoms with Crippen LogP contribution >= 0.6 is 0 Å². The molecule has 0 fully saturated rings. The maximum Gasteiger partial charge on any atom is 0.314 e. The summed E-state index contributed by atoms with van der Waals surface area (Å²) in [4.78, 5) is 37.4. The monoisotopic (exact) mass is 378 g/mol. The average Bonchev–Trinajstić information content (AvgIpc) is 2.98. The van der Waals surface area contributed by atoms with Crippen LogP contribution in [-0.4, -0.2) is 59.2 Å². The maximum absolute atomic E-state index is 12.2. The van der Waals surface area contributed by atoms with Crippen molar-refractivity contribution in [2.24, 2.45) is 5.92 Å². The number of nitrogens with one attached hydrogen (secondary N) is 3. The zero-order chi connectivity index (χ0) is 20.0. The van der Waals surface area contributed by atoms with Crippen LogP contribution in [0.5, 0.6) is 0 Å². The minimum absolute atomic E-state index is 0.0176. The Morgan fingerprint density at radius 2 is 1.89 bits per heavy atom. The predicted molar refractivity (Wildman–Crippen MR) is 101 cm³/mol. The number of nitrogens with zero attached hydrogens (tertiary/aromatic N) is 3. The Balaban J connectivity index is 2.00. The fourth-order valence-corrected chi connectivity index (χ4v) is 3.06. The van der Waals surface area contributed by atoms with Crippen LogP contribution in [0.2, 0.25) is 0 Å². The molecule has 0 aromatic carbocycles. The second-order valence-corrected chi connectivity index (χ2v) is 7.13. The first-order valence-electron chi connectivity index (χ1n) is 9.41. The van der Waals surface area contributed by atoms with E-state index in [1.54, 1.807) is 16.6 Å². The lowest BCUT2D eigenvalue weighted by Crippen LogP contribution is -2.38. The molecule has 1 aliphatic heterocycles. The first-order valence-corrected chi connectivity index (χ1v) is 9.41. The fraction of sp³-hybridized carbons (Fsp3) is 0.667. The Morgan fingerprint density at radius 1 is 1.19 bits per heavy atom. The summed E-state index contributed by atoms with van der Waals surface area (Å²) >= 11 is 0. The third-order valence-corrected chi connectivity index (χ3v) is 4.64. The van der Waals surface area contributed by atoms with E-state index in [9.17, 15) is 14.4 Å². The van der Waals surface area contributed by atoms with Gasteiger partial charge in [0.1, 0.15) is 0 Å². The van der Waals surface area contributed by atoms with Crippen molar-refractivity contribution < 1.29 is 14.4 Å². The van der Waals surface area contributed by atoms with Crippen LogP contribution in [0.15, 0.2) is 0 Å². The van der Waals surface area contributed by atoms with Gasteiger partial charge in [0.2, 0.25) is 5.91 Å². The van der Waals surface area contributed by atoms with Gasteiger partial charge in [0.05, 0.1) is 6.54 Å². The molecule has 150 valence electrons. The number of carbonyl (C=O) groups excluding carboxylic acids is 3. The van der Waals surface area contributed by atoms with Gasteiger partial charge in [0.15, 0.2) is 5.69 Å². The molecule has 2 rings (SSSR count). The Morgan fingerprint density at radius 3 is 2.52 bits per heavy atom. The first kappa shape index (κ1) is 20.7. The van der Waals surface area contributed by atoms with Crippen molar-refractivity contribution in [3.8, 4) is 0 Å². The molecule has 0 aliphatic carbocycles.